The van der Waals surface area contributed by atoms with Crippen LogP contribution < -0.4 is 5.32 Å². The van der Waals surface area contributed by atoms with Crippen molar-refractivity contribution >= 4 is 11.9 Å². The van der Waals surface area contributed by atoms with Crippen LogP contribution in [0, 0.1) is 11.3 Å². The van der Waals surface area contributed by atoms with Crippen molar-refractivity contribution in [3.05, 3.63) is 35.4 Å². The lowest BCUT2D eigenvalue weighted by atomic mass is 9.68. The molecule has 0 aliphatic heterocycles. The van der Waals surface area contributed by atoms with E-state index in [4.69, 9.17) is 5.11 Å². The molecule has 1 amide bonds. The standard InChI is InChI=1S/C17H23NO3/c1-17(2)9-4-3-8-14(17)15(19)18-11-12-6-5-7-13(10-12)16(20)21/h5-7,10,14H,3-4,8-9,11H2,1-2H3,(H,18,19)(H,20,21). The van der Waals surface area contributed by atoms with Gasteiger partial charge in [-0.15, -0.1) is 0 Å². The Balaban J connectivity index is 1.97. The van der Waals surface area contributed by atoms with Crippen molar-refractivity contribution in [2.45, 2.75) is 46.1 Å². The van der Waals surface area contributed by atoms with Gasteiger partial charge in [0.15, 0.2) is 0 Å². The van der Waals surface area contributed by atoms with Crippen LogP contribution in [0.15, 0.2) is 24.3 Å². The van der Waals surface area contributed by atoms with E-state index >= 15 is 0 Å². The zero-order chi connectivity index (χ0) is 15.5. The molecule has 0 bridgehead atoms. The highest BCUT2D eigenvalue weighted by Gasteiger charge is 2.36. The molecular formula is C17H23NO3. The minimum Gasteiger partial charge on any atom is -0.478 e. The Bertz CT molecular complexity index is 537. The highest BCUT2D eigenvalue weighted by Crippen LogP contribution is 2.40. The number of carbonyl (C=O) groups excluding carboxylic acids is 1. The van der Waals surface area contributed by atoms with Crippen LogP contribution in [-0.4, -0.2) is 17.0 Å². The predicted octanol–water partition coefficient (Wildman–Crippen LogP) is 3.22. The van der Waals surface area contributed by atoms with E-state index in [-0.39, 0.29) is 22.8 Å². The van der Waals surface area contributed by atoms with E-state index < -0.39 is 5.97 Å². The Kier molecular flexibility index (Phi) is 4.66. The SMILES string of the molecule is CC1(C)CCCCC1C(=O)NCc1cccc(C(=O)O)c1. The second-order valence-electron chi connectivity index (χ2n) is 6.51. The average Bonchev–Trinajstić information content (AvgIpc) is 2.44. The highest BCUT2D eigenvalue weighted by atomic mass is 16.4. The van der Waals surface area contributed by atoms with Crippen LogP contribution >= 0.6 is 0 Å². The summed E-state index contributed by atoms with van der Waals surface area (Å²) < 4.78 is 0. The first kappa shape index (κ1) is 15.5. The highest BCUT2D eigenvalue weighted by molar-refractivity contribution is 5.87. The van der Waals surface area contributed by atoms with Gasteiger partial charge in [-0.25, -0.2) is 4.79 Å². The van der Waals surface area contributed by atoms with Crippen LogP contribution in [0.2, 0.25) is 0 Å². The monoisotopic (exact) mass is 289 g/mol. The predicted molar refractivity (Wildman–Crippen MR) is 81.0 cm³/mol. The minimum absolute atomic E-state index is 0.0469. The van der Waals surface area contributed by atoms with E-state index in [1.54, 1.807) is 18.2 Å². The molecule has 1 atom stereocenters. The third kappa shape index (κ3) is 3.84. The van der Waals surface area contributed by atoms with Crippen molar-refractivity contribution in [2.75, 3.05) is 0 Å². The molecule has 0 saturated heterocycles. The van der Waals surface area contributed by atoms with Gasteiger partial charge in [0.05, 0.1) is 5.56 Å². The molecule has 114 valence electrons. The van der Waals surface area contributed by atoms with Crippen molar-refractivity contribution in [3.63, 3.8) is 0 Å². The van der Waals surface area contributed by atoms with Gasteiger partial charge >= 0.3 is 5.97 Å². The lowest BCUT2D eigenvalue weighted by Crippen LogP contribution is -2.40. The van der Waals surface area contributed by atoms with Crippen molar-refractivity contribution in [2.24, 2.45) is 11.3 Å². The van der Waals surface area contributed by atoms with E-state index in [9.17, 15) is 9.59 Å². The van der Waals surface area contributed by atoms with Crippen LogP contribution in [0.4, 0.5) is 0 Å². The quantitative estimate of drug-likeness (QED) is 0.894. The molecule has 1 saturated carbocycles. The number of hydrogen-bond acceptors (Lipinski definition) is 2. The van der Waals surface area contributed by atoms with Crippen molar-refractivity contribution < 1.29 is 14.7 Å². The lowest BCUT2D eigenvalue weighted by Gasteiger charge is -2.37. The van der Waals surface area contributed by atoms with E-state index in [2.05, 4.69) is 19.2 Å². The Hall–Kier alpha value is -1.84. The molecule has 1 unspecified atom stereocenters. The van der Waals surface area contributed by atoms with E-state index in [1.807, 2.05) is 6.07 Å². The maximum Gasteiger partial charge on any atom is 0.335 e. The molecule has 1 fully saturated rings. The first-order valence-electron chi connectivity index (χ1n) is 7.50. The summed E-state index contributed by atoms with van der Waals surface area (Å²) in [4.78, 5) is 23.3. The number of carboxylic acids is 1. The number of hydrogen-bond donors (Lipinski definition) is 2. The van der Waals surface area contributed by atoms with Gasteiger partial charge in [0.1, 0.15) is 0 Å². The Morgan fingerprint density at radius 2 is 2.10 bits per heavy atom. The summed E-state index contributed by atoms with van der Waals surface area (Å²) in [7, 11) is 0. The van der Waals surface area contributed by atoms with E-state index in [1.165, 1.54) is 6.42 Å². The summed E-state index contributed by atoms with van der Waals surface area (Å²) in [6.07, 6.45) is 4.32. The molecule has 1 aromatic carbocycles. The number of benzene rings is 1. The summed E-state index contributed by atoms with van der Waals surface area (Å²) >= 11 is 0. The van der Waals surface area contributed by atoms with Gasteiger partial charge in [0, 0.05) is 12.5 Å². The van der Waals surface area contributed by atoms with Crippen LogP contribution in [0.5, 0.6) is 0 Å². The number of carboxylic acid groups (broad SMARTS) is 1. The number of nitrogens with one attached hydrogen (secondary N) is 1. The normalized spacial score (nSPS) is 20.8. The van der Waals surface area contributed by atoms with E-state index in [0.717, 1.165) is 24.8 Å². The van der Waals surface area contributed by atoms with Crippen LogP contribution in [-0.2, 0) is 11.3 Å². The number of carbonyl (C=O) groups is 2. The third-order valence-corrected chi connectivity index (χ3v) is 4.46. The Morgan fingerprint density at radius 1 is 1.33 bits per heavy atom. The molecule has 2 rings (SSSR count). The summed E-state index contributed by atoms with van der Waals surface area (Å²) in [5.74, 6) is -0.814. The fraction of sp³-hybridized carbons (Fsp3) is 0.529. The number of amides is 1. The van der Waals surface area contributed by atoms with Gasteiger partial charge in [0.2, 0.25) is 5.91 Å². The van der Waals surface area contributed by atoms with Gasteiger partial charge in [-0.2, -0.15) is 0 Å². The second-order valence-corrected chi connectivity index (χ2v) is 6.51. The van der Waals surface area contributed by atoms with Crippen LogP contribution in [0.25, 0.3) is 0 Å². The second kappa shape index (κ2) is 6.29. The molecule has 0 spiro atoms. The van der Waals surface area contributed by atoms with Crippen LogP contribution in [0.3, 0.4) is 0 Å². The topological polar surface area (TPSA) is 66.4 Å². The van der Waals surface area contributed by atoms with Gasteiger partial charge in [-0.3, -0.25) is 4.79 Å². The van der Waals surface area contributed by atoms with Gasteiger partial charge in [-0.05, 0) is 36.0 Å². The maximum atomic E-state index is 12.4. The largest absolute Gasteiger partial charge is 0.478 e. The summed E-state index contributed by atoms with van der Waals surface area (Å²) in [5, 5.41) is 11.9. The van der Waals surface area contributed by atoms with Gasteiger partial charge in [0.25, 0.3) is 0 Å². The molecule has 21 heavy (non-hydrogen) atoms. The molecule has 1 aliphatic rings. The van der Waals surface area contributed by atoms with Crippen molar-refractivity contribution in [3.8, 4) is 0 Å². The van der Waals surface area contributed by atoms with Crippen molar-refractivity contribution in [1.29, 1.82) is 0 Å². The summed E-state index contributed by atoms with van der Waals surface area (Å²) in [6.45, 7) is 4.69. The molecule has 0 radical (unpaired) electrons. The zero-order valence-corrected chi connectivity index (χ0v) is 12.7. The Morgan fingerprint density at radius 3 is 2.76 bits per heavy atom. The molecule has 4 nitrogen and oxygen atoms in total. The minimum atomic E-state index is -0.948. The fourth-order valence-corrected chi connectivity index (χ4v) is 3.11. The molecule has 4 heteroatoms. The van der Waals surface area contributed by atoms with Gasteiger partial charge in [-0.1, -0.05) is 38.8 Å². The number of aromatic carboxylic acids is 1. The van der Waals surface area contributed by atoms with Crippen molar-refractivity contribution in [1.82, 2.24) is 5.32 Å². The summed E-state index contributed by atoms with van der Waals surface area (Å²) in [6, 6.07) is 6.70. The van der Waals surface area contributed by atoms with E-state index in [0.29, 0.717) is 6.54 Å². The third-order valence-electron chi connectivity index (χ3n) is 4.46. The zero-order valence-electron chi connectivity index (χ0n) is 12.7. The fourth-order valence-electron chi connectivity index (χ4n) is 3.11. The molecule has 2 N–H and O–H groups in total. The molecule has 1 aromatic rings. The molecule has 0 aromatic heterocycles. The number of rotatable bonds is 4. The smallest absolute Gasteiger partial charge is 0.335 e. The Labute approximate surface area is 125 Å². The van der Waals surface area contributed by atoms with Gasteiger partial charge < -0.3 is 10.4 Å². The summed E-state index contributed by atoms with van der Waals surface area (Å²) in [5.41, 5.74) is 1.11. The molecular weight excluding hydrogens is 266 g/mol. The molecule has 0 heterocycles. The molecule has 1 aliphatic carbocycles. The average molecular weight is 289 g/mol. The first-order valence-corrected chi connectivity index (χ1v) is 7.50. The first-order chi connectivity index (χ1) is 9.90. The maximum absolute atomic E-state index is 12.4. The van der Waals surface area contributed by atoms with Crippen LogP contribution in [0.1, 0.15) is 55.5 Å². The lowest BCUT2D eigenvalue weighted by molar-refractivity contribution is -0.130.